The van der Waals surface area contributed by atoms with Crippen molar-refractivity contribution < 1.29 is 9.72 Å². The Morgan fingerprint density at radius 2 is 1.68 bits per heavy atom. The Morgan fingerprint density at radius 1 is 1.08 bits per heavy atom. The van der Waals surface area contributed by atoms with Gasteiger partial charge in [-0.1, -0.05) is 56.3 Å². The van der Waals surface area contributed by atoms with Gasteiger partial charge in [0.1, 0.15) is 0 Å². The molecular weight excluding hydrogens is 316 g/mol. The van der Waals surface area contributed by atoms with Crippen LogP contribution in [0.15, 0.2) is 48.5 Å². The van der Waals surface area contributed by atoms with Crippen LogP contribution in [0.3, 0.4) is 0 Å². The first-order valence-corrected chi connectivity index (χ1v) is 8.41. The van der Waals surface area contributed by atoms with Crippen LogP contribution < -0.4 is 0 Å². The van der Waals surface area contributed by atoms with Gasteiger partial charge in [0.05, 0.1) is 17.9 Å². The van der Waals surface area contributed by atoms with Crippen molar-refractivity contribution in [3.05, 3.63) is 75.3 Å². The highest BCUT2D eigenvalue weighted by molar-refractivity contribution is 5.78. The summed E-state index contributed by atoms with van der Waals surface area (Å²) < 4.78 is 0. The number of hydrogen-bond acceptors (Lipinski definition) is 3. The molecule has 2 rings (SSSR count). The summed E-state index contributed by atoms with van der Waals surface area (Å²) in [5.41, 5.74) is 2.79. The molecule has 0 atom stereocenters. The lowest BCUT2D eigenvalue weighted by Crippen LogP contribution is -2.28. The zero-order valence-corrected chi connectivity index (χ0v) is 14.9. The highest BCUT2D eigenvalue weighted by Crippen LogP contribution is 2.19. The Balaban J connectivity index is 2.00. The van der Waals surface area contributed by atoms with E-state index in [0.717, 1.165) is 12.0 Å². The molecule has 0 saturated heterocycles. The molecule has 5 heteroatoms. The van der Waals surface area contributed by atoms with Crippen LogP contribution in [0.4, 0.5) is 5.69 Å². The van der Waals surface area contributed by atoms with Gasteiger partial charge in [0.25, 0.3) is 5.69 Å². The number of carbonyl (C=O) groups is 1. The molecule has 0 bridgehead atoms. The fourth-order valence-electron chi connectivity index (χ4n) is 2.74. The predicted octanol–water partition coefficient (Wildman–Crippen LogP) is 3.99. The first-order valence-electron chi connectivity index (χ1n) is 8.41. The Labute approximate surface area is 148 Å². The molecule has 0 fully saturated rings. The molecular formula is C20H24N2O3. The lowest BCUT2D eigenvalue weighted by Gasteiger charge is -2.17. The van der Waals surface area contributed by atoms with E-state index in [9.17, 15) is 14.9 Å². The highest BCUT2D eigenvalue weighted by Gasteiger charge is 2.17. The lowest BCUT2D eigenvalue weighted by atomic mass is 10.0. The van der Waals surface area contributed by atoms with Crippen molar-refractivity contribution in [3.8, 4) is 0 Å². The van der Waals surface area contributed by atoms with Gasteiger partial charge < -0.3 is 4.90 Å². The fraction of sp³-hybridized carbons (Fsp3) is 0.350. The molecule has 0 aliphatic rings. The maximum absolute atomic E-state index is 12.4. The molecule has 5 nitrogen and oxygen atoms in total. The standard InChI is InChI=1S/C20H24N2O3/c1-15(2)12-16-8-10-17(11-9-16)13-20(23)21(3)14-18-6-4-5-7-19(18)22(24)25/h4-11,15H,12-14H2,1-3H3. The van der Waals surface area contributed by atoms with Gasteiger partial charge in [-0.3, -0.25) is 14.9 Å². The van der Waals surface area contributed by atoms with Crippen molar-refractivity contribution in [2.24, 2.45) is 5.92 Å². The van der Waals surface area contributed by atoms with Crippen LogP contribution in [0.2, 0.25) is 0 Å². The largest absolute Gasteiger partial charge is 0.341 e. The second-order valence-corrected chi connectivity index (χ2v) is 6.73. The first-order chi connectivity index (χ1) is 11.9. The smallest absolute Gasteiger partial charge is 0.274 e. The van der Waals surface area contributed by atoms with Gasteiger partial charge in [-0.05, 0) is 23.5 Å². The molecule has 0 unspecified atom stereocenters. The van der Waals surface area contributed by atoms with Gasteiger partial charge in [0, 0.05) is 18.7 Å². The average molecular weight is 340 g/mol. The first kappa shape index (κ1) is 18.6. The van der Waals surface area contributed by atoms with Crippen LogP contribution in [0, 0.1) is 16.0 Å². The Kier molecular flexibility index (Phi) is 6.28. The lowest BCUT2D eigenvalue weighted by molar-refractivity contribution is -0.385. The number of carbonyl (C=O) groups excluding carboxylic acids is 1. The van der Waals surface area contributed by atoms with E-state index in [-0.39, 0.29) is 18.1 Å². The minimum atomic E-state index is -0.416. The van der Waals surface area contributed by atoms with E-state index in [2.05, 4.69) is 26.0 Å². The molecule has 0 radical (unpaired) electrons. The van der Waals surface area contributed by atoms with Gasteiger partial charge >= 0.3 is 0 Å². The van der Waals surface area contributed by atoms with E-state index in [1.807, 2.05) is 12.1 Å². The van der Waals surface area contributed by atoms with Gasteiger partial charge in [0.2, 0.25) is 5.91 Å². The Bertz CT molecular complexity index is 739. The number of likely N-dealkylation sites (N-methyl/N-ethyl adjacent to an activating group) is 1. The number of nitro benzene ring substituents is 1. The van der Waals surface area contributed by atoms with Gasteiger partial charge in [-0.15, -0.1) is 0 Å². The molecule has 0 saturated carbocycles. The van der Waals surface area contributed by atoms with Crippen molar-refractivity contribution in [1.82, 2.24) is 4.90 Å². The maximum atomic E-state index is 12.4. The number of rotatable bonds is 7. The van der Waals surface area contributed by atoms with Crippen molar-refractivity contribution in [2.45, 2.75) is 33.2 Å². The van der Waals surface area contributed by atoms with E-state index in [1.165, 1.54) is 16.5 Å². The van der Waals surface area contributed by atoms with E-state index >= 15 is 0 Å². The summed E-state index contributed by atoms with van der Waals surface area (Å²) in [5, 5.41) is 11.1. The zero-order valence-electron chi connectivity index (χ0n) is 14.9. The van der Waals surface area contributed by atoms with Crippen LogP contribution in [-0.4, -0.2) is 22.8 Å². The van der Waals surface area contributed by atoms with Crippen LogP contribution in [-0.2, 0) is 24.2 Å². The third-order valence-corrected chi connectivity index (χ3v) is 4.04. The monoisotopic (exact) mass is 340 g/mol. The highest BCUT2D eigenvalue weighted by atomic mass is 16.6. The Morgan fingerprint density at radius 3 is 2.28 bits per heavy atom. The zero-order chi connectivity index (χ0) is 18.4. The van der Waals surface area contributed by atoms with Crippen LogP contribution >= 0.6 is 0 Å². The third-order valence-electron chi connectivity index (χ3n) is 4.04. The molecule has 2 aromatic carbocycles. The molecule has 2 aromatic rings. The van der Waals surface area contributed by atoms with Crippen LogP contribution in [0.25, 0.3) is 0 Å². The molecule has 0 spiro atoms. The second kappa shape index (κ2) is 8.42. The number of amides is 1. The number of hydrogen-bond donors (Lipinski definition) is 0. The summed E-state index contributed by atoms with van der Waals surface area (Å²) in [6, 6.07) is 14.6. The second-order valence-electron chi connectivity index (χ2n) is 6.73. The van der Waals surface area contributed by atoms with Gasteiger partial charge in [-0.25, -0.2) is 0 Å². The normalized spacial score (nSPS) is 10.7. The average Bonchev–Trinajstić information content (AvgIpc) is 2.56. The molecule has 132 valence electrons. The van der Waals surface area contributed by atoms with Crippen molar-refractivity contribution in [3.63, 3.8) is 0 Å². The number of nitro groups is 1. The number of nitrogens with zero attached hydrogens (tertiary/aromatic N) is 2. The summed E-state index contributed by atoms with van der Waals surface area (Å²) in [5.74, 6) is 0.537. The van der Waals surface area contributed by atoms with Crippen LogP contribution in [0.5, 0.6) is 0 Å². The van der Waals surface area contributed by atoms with Crippen molar-refractivity contribution >= 4 is 11.6 Å². The minimum absolute atomic E-state index is 0.0418. The maximum Gasteiger partial charge on any atom is 0.274 e. The van der Waals surface area contributed by atoms with Crippen molar-refractivity contribution in [2.75, 3.05) is 7.05 Å². The van der Waals surface area contributed by atoms with Gasteiger partial charge in [-0.2, -0.15) is 0 Å². The van der Waals surface area contributed by atoms with E-state index < -0.39 is 4.92 Å². The van der Waals surface area contributed by atoms with Gasteiger partial charge in [0.15, 0.2) is 0 Å². The van der Waals surface area contributed by atoms with Crippen molar-refractivity contribution in [1.29, 1.82) is 0 Å². The Hall–Kier alpha value is -2.69. The molecule has 0 aliphatic heterocycles. The van der Waals surface area contributed by atoms with E-state index in [0.29, 0.717) is 17.9 Å². The summed E-state index contributed by atoms with van der Waals surface area (Å²) in [6.45, 7) is 4.58. The third kappa shape index (κ3) is 5.41. The molecule has 0 heterocycles. The fourth-order valence-corrected chi connectivity index (χ4v) is 2.74. The summed E-state index contributed by atoms with van der Waals surface area (Å²) in [6.07, 6.45) is 1.31. The predicted molar refractivity (Wildman–Crippen MR) is 98.3 cm³/mol. The number of para-hydroxylation sites is 1. The summed E-state index contributed by atoms with van der Waals surface area (Å²) in [7, 11) is 1.67. The summed E-state index contributed by atoms with van der Waals surface area (Å²) in [4.78, 5) is 24.6. The molecule has 25 heavy (non-hydrogen) atoms. The quantitative estimate of drug-likeness (QED) is 0.565. The topological polar surface area (TPSA) is 63.5 Å². The SMILES string of the molecule is CC(C)Cc1ccc(CC(=O)N(C)Cc2ccccc2[N+](=O)[O-])cc1. The summed E-state index contributed by atoms with van der Waals surface area (Å²) >= 11 is 0. The van der Waals surface area contributed by atoms with E-state index in [4.69, 9.17) is 0 Å². The molecule has 0 aromatic heterocycles. The van der Waals surface area contributed by atoms with Crippen LogP contribution in [0.1, 0.15) is 30.5 Å². The minimum Gasteiger partial charge on any atom is -0.341 e. The van der Waals surface area contributed by atoms with E-state index in [1.54, 1.807) is 25.2 Å². The molecule has 0 N–H and O–H groups in total. The molecule has 1 amide bonds. The molecule has 0 aliphatic carbocycles. The number of benzene rings is 2.